The number of nitrogens with zero attached hydrogens (tertiary/aromatic N) is 3. The maximum atomic E-state index is 14.1. The van der Waals surface area contributed by atoms with Crippen molar-refractivity contribution >= 4 is 11.8 Å². The van der Waals surface area contributed by atoms with E-state index in [4.69, 9.17) is 0 Å². The molecule has 1 aromatic carbocycles. The smallest absolute Gasteiger partial charge is 0.200 e. The molecule has 8 heteroatoms. The first kappa shape index (κ1) is 20.0. The molecule has 2 aromatic heterocycles. The van der Waals surface area contributed by atoms with Crippen molar-refractivity contribution in [2.75, 3.05) is 6.54 Å². The number of pyridine rings is 1. The zero-order chi connectivity index (χ0) is 21.3. The fourth-order valence-electron chi connectivity index (χ4n) is 3.44. The van der Waals surface area contributed by atoms with Crippen molar-refractivity contribution in [2.24, 2.45) is 4.99 Å². The predicted octanol–water partition coefficient (Wildman–Crippen LogP) is 5.29. The number of hydrogen-bond donors (Lipinski definition) is 0. The topological polar surface area (TPSA) is 30.2 Å². The summed E-state index contributed by atoms with van der Waals surface area (Å²) in [5.74, 6) is -9.71. The van der Waals surface area contributed by atoms with Gasteiger partial charge in [-0.25, -0.2) is 22.0 Å². The Hall–Kier alpha value is -3.29. The number of aliphatic imine (C=N–C) groups is 1. The van der Waals surface area contributed by atoms with Gasteiger partial charge in [0.05, 0.1) is 12.3 Å². The molecule has 0 unspecified atom stereocenters. The number of benzene rings is 1. The van der Waals surface area contributed by atoms with E-state index in [2.05, 4.69) is 9.98 Å². The van der Waals surface area contributed by atoms with Crippen LogP contribution in [-0.4, -0.2) is 21.8 Å². The Morgan fingerprint density at radius 3 is 2.37 bits per heavy atom. The van der Waals surface area contributed by atoms with Crippen LogP contribution < -0.4 is 0 Å². The third kappa shape index (κ3) is 3.65. The van der Waals surface area contributed by atoms with Crippen LogP contribution in [0, 0.1) is 29.1 Å². The summed E-state index contributed by atoms with van der Waals surface area (Å²) in [5, 5.41) is 0. The number of allylic oxidation sites excluding steroid dienone is 1. The minimum absolute atomic E-state index is 0.503. The Bertz CT molecular complexity index is 1120. The summed E-state index contributed by atoms with van der Waals surface area (Å²) >= 11 is 0. The summed E-state index contributed by atoms with van der Waals surface area (Å²) in [4.78, 5) is 8.68. The highest BCUT2D eigenvalue weighted by molar-refractivity contribution is 6.15. The van der Waals surface area contributed by atoms with Gasteiger partial charge in [-0.1, -0.05) is 0 Å². The van der Waals surface area contributed by atoms with Crippen LogP contribution >= 0.6 is 0 Å². The average molecular weight is 417 g/mol. The average Bonchev–Trinajstić information content (AvgIpc) is 3.21. The van der Waals surface area contributed by atoms with Crippen LogP contribution in [0.4, 0.5) is 22.0 Å². The van der Waals surface area contributed by atoms with Crippen LogP contribution in [0.15, 0.2) is 53.4 Å². The second-order valence-electron chi connectivity index (χ2n) is 6.85. The van der Waals surface area contributed by atoms with Crippen LogP contribution in [0.5, 0.6) is 0 Å². The summed E-state index contributed by atoms with van der Waals surface area (Å²) in [7, 11) is 0. The zero-order valence-electron chi connectivity index (χ0n) is 15.7. The molecule has 3 heterocycles. The molecule has 1 aliphatic heterocycles. The minimum Gasteiger partial charge on any atom is -0.343 e. The number of halogens is 5. The SMILES string of the molecule is Fc1c(F)c(F)c(Cn2cccc2C=C2CCCN=C2c2cccnc2)c(F)c1F. The molecule has 0 N–H and O–H groups in total. The molecule has 154 valence electrons. The summed E-state index contributed by atoms with van der Waals surface area (Å²) in [6.45, 7) is 0.171. The van der Waals surface area contributed by atoms with Crippen molar-refractivity contribution in [3.8, 4) is 0 Å². The van der Waals surface area contributed by atoms with Crippen molar-refractivity contribution in [3.63, 3.8) is 0 Å². The molecule has 0 radical (unpaired) electrons. The summed E-state index contributed by atoms with van der Waals surface area (Å²) in [6.07, 6.45) is 8.28. The Morgan fingerprint density at radius 1 is 0.933 bits per heavy atom. The van der Waals surface area contributed by atoms with Gasteiger partial charge in [-0.15, -0.1) is 0 Å². The highest BCUT2D eigenvalue weighted by atomic mass is 19.2. The van der Waals surface area contributed by atoms with Crippen molar-refractivity contribution < 1.29 is 22.0 Å². The first-order chi connectivity index (χ1) is 14.5. The standard InChI is InChI=1S/C22H16F5N3/c23-17-16(18(24)20(26)21(27)19(17)25)12-30-9-3-6-15(30)10-13-4-2-8-29-22(13)14-5-1-7-28-11-14/h1,3,5-7,9-11H,2,4,8,12H2. The molecule has 0 aliphatic carbocycles. The maximum Gasteiger partial charge on any atom is 0.200 e. The molecule has 0 bridgehead atoms. The van der Waals surface area contributed by atoms with Gasteiger partial charge in [0.15, 0.2) is 23.3 Å². The highest BCUT2D eigenvalue weighted by Gasteiger charge is 2.26. The van der Waals surface area contributed by atoms with Crippen LogP contribution in [0.3, 0.4) is 0 Å². The molecular weight excluding hydrogens is 401 g/mol. The van der Waals surface area contributed by atoms with Crippen LogP contribution in [0.1, 0.15) is 29.7 Å². The lowest BCUT2D eigenvalue weighted by atomic mass is 9.96. The van der Waals surface area contributed by atoms with E-state index in [0.717, 1.165) is 29.7 Å². The van der Waals surface area contributed by atoms with Crippen molar-refractivity contribution in [3.05, 3.63) is 94.3 Å². The molecule has 30 heavy (non-hydrogen) atoms. The van der Waals surface area contributed by atoms with Gasteiger partial charge in [-0.2, -0.15) is 0 Å². The van der Waals surface area contributed by atoms with Gasteiger partial charge in [0, 0.05) is 42.0 Å². The molecule has 1 aliphatic rings. The molecule has 0 amide bonds. The fourth-order valence-corrected chi connectivity index (χ4v) is 3.44. The van der Waals surface area contributed by atoms with Gasteiger partial charge in [-0.3, -0.25) is 9.98 Å². The molecule has 0 spiro atoms. The third-order valence-electron chi connectivity index (χ3n) is 4.93. The third-order valence-corrected chi connectivity index (χ3v) is 4.93. The van der Waals surface area contributed by atoms with E-state index >= 15 is 0 Å². The normalized spacial score (nSPS) is 15.5. The quantitative estimate of drug-likeness (QED) is 0.322. The lowest BCUT2D eigenvalue weighted by molar-refractivity contribution is 0.368. The fraction of sp³-hybridized carbons (Fsp3) is 0.182. The Morgan fingerprint density at radius 2 is 1.67 bits per heavy atom. The van der Waals surface area contributed by atoms with Crippen molar-refractivity contribution in [2.45, 2.75) is 19.4 Å². The van der Waals surface area contributed by atoms with E-state index in [1.807, 2.05) is 12.1 Å². The van der Waals surface area contributed by atoms with Gasteiger partial charge in [-0.05, 0) is 48.8 Å². The number of rotatable bonds is 4. The van der Waals surface area contributed by atoms with Crippen LogP contribution in [0.25, 0.3) is 6.08 Å². The molecule has 3 nitrogen and oxygen atoms in total. The lowest BCUT2D eigenvalue weighted by Gasteiger charge is -2.17. The van der Waals surface area contributed by atoms with E-state index in [1.165, 1.54) is 10.8 Å². The van der Waals surface area contributed by atoms with Gasteiger partial charge in [0.25, 0.3) is 0 Å². The summed E-state index contributed by atoms with van der Waals surface area (Å²) in [5.41, 5.74) is 2.21. The van der Waals surface area contributed by atoms with Crippen molar-refractivity contribution in [1.82, 2.24) is 9.55 Å². The highest BCUT2D eigenvalue weighted by Crippen LogP contribution is 2.26. The number of hydrogen-bond acceptors (Lipinski definition) is 2. The second-order valence-corrected chi connectivity index (χ2v) is 6.85. The Labute approximate surface area is 169 Å². The van der Waals surface area contributed by atoms with E-state index < -0.39 is 41.2 Å². The maximum absolute atomic E-state index is 14.1. The zero-order valence-corrected chi connectivity index (χ0v) is 15.7. The Kier molecular flexibility index (Phi) is 5.48. The van der Waals surface area contributed by atoms with Crippen LogP contribution in [0.2, 0.25) is 0 Å². The number of aromatic nitrogens is 2. The van der Waals surface area contributed by atoms with Crippen LogP contribution in [-0.2, 0) is 6.54 Å². The molecule has 4 rings (SSSR count). The minimum atomic E-state index is -2.16. The first-order valence-electron chi connectivity index (χ1n) is 9.28. The monoisotopic (exact) mass is 417 g/mol. The second kappa shape index (κ2) is 8.22. The van der Waals surface area contributed by atoms with E-state index in [9.17, 15) is 22.0 Å². The van der Waals surface area contributed by atoms with E-state index in [0.29, 0.717) is 12.2 Å². The van der Waals surface area contributed by atoms with E-state index in [-0.39, 0.29) is 0 Å². The molecule has 3 aromatic rings. The van der Waals surface area contributed by atoms with Gasteiger partial charge < -0.3 is 4.57 Å². The first-order valence-corrected chi connectivity index (χ1v) is 9.28. The van der Waals surface area contributed by atoms with Crippen molar-refractivity contribution in [1.29, 1.82) is 0 Å². The summed E-state index contributed by atoms with van der Waals surface area (Å²) < 4.78 is 70.0. The largest absolute Gasteiger partial charge is 0.343 e. The Balaban J connectivity index is 1.71. The van der Waals surface area contributed by atoms with Gasteiger partial charge >= 0.3 is 0 Å². The van der Waals surface area contributed by atoms with Gasteiger partial charge in [0.1, 0.15) is 0 Å². The molecular formula is C22H16F5N3. The van der Waals surface area contributed by atoms with E-state index in [1.54, 1.807) is 30.6 Å². The summed E-state index contributed by atoms with van der Waals surface area (Å²) in [6, 6.07) is 7.03. The molecule has 0 atom stereocenters. The molecule has 0 fully saturated rings. The lowest BCUT2D eigenvalue weighted by Crippen LogP contribution is -2.13. The van der Waals surface area contributed by atoms with Gasteiger partial charge in [0.2, 0.25) is 5.82 Å². The predicted molar refractivity (Wildman–Crippen MR) is 103 cm³/mol. The molecule has 0 saturated heterocycles. The molecule has 0 saturated carbocycles.